The van der Waals surface area contributed by atoms with Gasteiger partial charge in [-0.1, -0.05) is 146 Å². The summed E-state index contributed by atoms with van der Waals surface area (Å²) in [5.74, 6) is 1.85. The van der Waals surface area contributed by atoms with Gasteiger partial charge in [-0.15, -0.1) is 20.4 Å². The molecule has 8 heteroatoms. The van der Waals surface area contributed by atoms with Crippen LogP contribution in [0.5, 0.6) is 0 Å². The smallest absolute Gasteiger partial charge is 0.248 e. The molecule has 74 heavy (non-hydrogen) atoms. The van der Waals surface area contributed by atoms with Gasteiger partial charge in [-0.2, -0.15) is 0 Å². The predicted octanol–water partition coefficient (Wildman–Crippen LogP) is 17.3. The minimum Gasteiger partial charge on any atom is -0.416 e. The van der Waals surface area contributed by atoms with Crippen molar-refractivity contribution < 1.29 is 8.83 Å². The minimum absolute atomic E-state index is 0.448. The number of fused-ring (bicyclic) bond motifs is 5. The van der Waals surface area contributed by atoms with Crippen LogP contribution in [0.3, 0.4) is 0 Å². The summed E-state index contributed by atoms with van der Waals surface area (Å²) in [7, 11) is 0. The maximum Gasteiger partial charge on any atom is 0.248 e. The van der Waals surface area contributed by atoms with Gasteiger partial charge in [0.25, 0.3) is 0 Å². The molecule has 11 aromatic carbocycles. The third-order valence-corrected chi connectivity index (χ3v) is 13.9. The van der Waals surface area contributed by atoms with Gasteiger partial charge in [-0.25, -0.2) is 0 Å². The van der Waals surface area contributed by atoms with E-state index < -0.39 is 0 Å². The highest BCUT2D eigenvalue weighted by atomic mass is 16.4. The maximum atomic E-state index is 6.36. The van der Waals surface area contributed by atoms with Crippen molar-refractivity contribution in [1.29, 1.82) is 0 Å². The molecule has 0 saturated carbocycles. The first-order chi connectivity index (χ1) is 36.7. The minimum atomic E-state index is 0.448. The number of aromatic nitrogens is 5. The molecule has 0 bridgehead atoms. The van der Waals surface area contributed by atoms with E-state index in [1.807, 2.05) is 72.8 Å². The Morgan fingerprint density at radius 3 is 1.26 bits per heavy atom. The van der Waals surface area contributed by atoms with Crippen molar-refractivity contribution >= 4 is 60.4 Å². The molecule has 0 saturated heterocycles. The molecule has 0 N–H and O–H groups in total. The Kier molecular flexibility index (Phi) is 10.3. The molecule has 0 spiro atoms. The summed E-state index contributed by atoms with van der Waals surface area (Å²) in [5.41, 5.74) is 14.1. The molecule has 0 radical (unpaired) electrons. The van der Waals surface area contributed by atoms with Crippen LogP contribution in [0.1, 0.15) is 0 Å². The predicted molar refractivity (Wildman–Crippen MR) is 299 cm³/mol. The Morgan fingerprint density at radius 1 is 0.270 bits per heavy atom. The molecule has 0 atom stereocenters. The lowest BCUT2D eigenvalue weighted by atomic mass is 9.85. The zero-order chi connectivity index (χ0) is 49.0. The second kappa shape index (κ2) is 17.9. The molecule has 8 nitrogen and oxygen atoms in total. The Labute approximate surface area is 425 Å². The van der Waals surface area contributed by atoms with Crippen molar-refractivity contribution in [1.82, 2.24) is 25.0 Å². The molecule has 14 rings (SSSR count). The Bertz CT molecular complexity index is 4380. The topological polar surface area (TPSA) is 86.0 Å². The summed E-state index contributed by atoms with van der Waals surface area (Å²) in [5, 5.41) is 24.7. The summed E-state index contributed by atoms with van der Waals surface area (Å²) < 4.78 is 15.0. The fraction of sp³-hybridized carbons (Fsp3) is 0. The summed E-state index contributed by atoms with van der Waals surface area (Å²) in [6.45, 7) is 0. The molecule has 0 unspecified atom stereocenters. The molecule has 14 aromatic rings. The third-order valence-electron chi connectivity index (χ3n) is 13.9. The van der Waals surface area contributed by atoms with Crippen molar-refractivity contribution in [2.75, 3.05) is 4.90 Å². The van der Waals surface area contributed by atoms with Gasteiger partial charge in [-0.05, 0) is 153 Å². The van der Waals surface area contributed by atoms with Crippen LogP contribution in [0.2, 0.25) is 0 Å². The van der Waals surface area contributed by atoms with Crippen LogP contribution in [-0.2, 0) is 0 Å². The van der Waals surface area contributed by atoms with Gasteiger partial charge in [0.1, 0.15) is 0 Å². The zero-order valence-corrected chi connectivity index (χ0v) is 39.7. The lowest BCUT2D eigenvalue weighted by molar-refractivity contribution is 0.584. The molecular weight excluding hydrogens is 909 g/mol. The first-order valence-electron chi connectivity index (χ1n) is 24.6. The molecule has 3 heterocycles. The van der Waals surface area contributed by atoms with Gasteiger partial charge in [-0.3, -0.25) is 0 Å². The normalized spacial score (nSPS) is 11.5. The van der Waals surface area contributed by atoms with Crippen molar-refractivity contribution in [3.05, 3.63) is 255 Å². The zero-order valence-electron chi connectivity index (χ0n) is 39.7. The van der Waals surface area contributed by atoms with Crippen LogP contribution in [0.15, 0.2) is 264 Å². The number of nitrogens with zero attached hydrogens (tertiary/aromatic N) is 6. The molecule has 0 aliphatic rings. The van der Waals surface area contributed by atoms with Crippen LogP contribution in [0.4, 0.5) is 17.1 Å². The first-order valence-corrected chi connectivity index (χ1v) is 24.6. The van der Waals surface area contributed by atoms with Gasteiger partial charge < -0.3 is 18.3 Å². The highest BCUT2D eigenvalue weighted by Gasteiger charge is 2.23. The van der Waals surface area contributed by atoms with Crippen molar-refractivity contribution in [3.63, 3.8) is 0 Å². The van der Waals surface area contributed by atoms with E-state index in [1.54, 1.807) is 0 Å². The summed E-state index contributed by atoms with van der Waals surface area (Å²) >= 11 is 0. The molecule has 348 valence electrons. The molecular formula is C66H42N6O2. The molecule has 3 aromatic heterocycles. The molecule has 0 aliphatic heterocycles. The number of benzene rings is 11. The fourth-order valence-electron chi connectivity index (χ4n) is 10.6. The Hall–Kier alpha value is -10.2. The monoisotopic (exact) mass is 950 g/mol. The van der Waals surface area contributed by atoms with Gasteiger partial charge in [0.05, 0.1) is 11.0 Å². The Morgan fingerprint density at radius 2 is 0.676 bits per heavy atom. The average Bonchev–Trinajstić information content (AvgIpc) is 4.26. The summed E-state index contributed by atoms with van der Waals surface area (Å²) in [6, 6.07) is 89.0. The van der Waals surface area contributed by atoms with Crippen LogP contribution in [-0.4, -0.2) is 25.0 Å². The lowest BCUT2D eigenvalue weighted by Gasteiger charge is -2.27. The molecule has 0 aliphatic carbocycles. The largest absolute Gasteiger partial charge is 0.416 e. The van der Waals surface area contributed by atoms with E-state index in [1.165, 1.54) is 10.8 Å². The van der Waals surface area contributed by atoms with Gasteiger partial charge >= 0.3 is 0 Å². The van der Waals surface area contributed by atoms with Crippen molar-refractivity contribution in [2.45, 2.75) is 0 Å². The summed E-state index contributed by atoms with van der Waals surface area (Å²) in [4.78, 5) is 2.37. The molecule has 0 amide bonds. The standard InChI is InChI=1S/C66H42N6O2/c1-5-19-43(20-6-1)63-67-69-65(73-63)47-25-17-23-45(39-47)61-54-32-13-14-33-55(54)62(46-24-18-26-48(40-46)66-70-68-64(74-66)44-21-7-2-8-22-44)58-42-51(35-37-56(58)61)71(49-27-9-3-10-28-49)52-36-38-60-57(41-52)53-31-15-16-34-59(53)72(60)50-29-11-4-12-30-50/h1-42H. The number of hydrogen-bond acceptors (Lipinski definition) is 7. The van der Waals surface area contributed by atoms with E-state index in [-0.39, 0.29) is 0 Å². The quantitative estimate of drug-likeness (QED) is 0.126. The average molecular weight is 951 g/mol. The first kappa shape index (κ1) is 42.7. The highest BCUT2D eigenvalue weighted by Crippen LogP contribution is 2.48. The van der Waals surface area contributed by atoms with E-state index in [2.05, 4.69) is 212 Å². The SMILES string of the molecule is c1ccc(-c2nnc(-c3cccc(-c4c5ccccc5c(-c5cccc(-c6nnc(-c7ccccc7)o6)c5)c5cc(N(c6ccccc6)c6ccc7c(c6)c6ccccc6n7-c6ccccc6)ccc45)c3)o2)cc1. The van der Waals surface area contributed by atoms with Gasteiger partial charge in [0.2, 0.25) is 23.6 Å². The second-order valence-corrected chi connectivity index (χ2v) is 18.3. The van der Waals surface area contributed by atoms with Crippen LogP contribution in [0.25, 0.3) is 117 Å². The van der Waals surface area contributed by atoms with E-state index >= 15 is 0 Å². The highest BCUT2D eigenvalue weighted by molar-refractivity contribution is 6.22. The van der Waals surface area contributed by atoms with Crippen LogP contribution >= 0.6 is 0 Å². The van der Waals surface area contributed by atoms with Crippen molar-refractivity contribution in [3.8, 4) is 73.8 Å². The second-order valence-electron chi connectivity index (χ2n) is 18.3. The van der Waals surface area contributed by atoms with Gasteiger partial charge in [0.15, 0.2) is 0 Å². The number of para-hydroxylation sites is 3. The van der Waals surface area contributed by atoms with E-state index in [0.29, 0.717) is 23.6 Å². The lowest BCUT2D eigenvalue weighted by Crippen LogP contribution is -2.10. The van der Waals surface area contributed by atoms with E-state index in [9.17, 15) is 0 Å². The number of hydrogen-bond donors (Lipinski definition) is 0. The third kappa shape index (κ3) is 7.40. The molecule has 0 fully saturated rings. The van der Waals surface area contributed by atoms with Crippen molar-refractivity contribution in [2.24, 2.45) is 0 Å². The van der Waals surface area contributed by atoms with Crippen LogP contribution in [0, 0.1) is 0 Å². The number of rotatable bonds is 10. The summed E-state index contributed by atoms with van der Waals surface area (Å²) in [6.07, 6.45) is 0. The Balaban J connectivity index is 0.993. The van der Waals surface area contributed by atoms with Gasteiger partial charge in [0, 0.05) is 55.8 Å². The van der Waals surface area contributed by atoms with Crippen LogP contribution < -0.4 is 4.90 Å². The number of anilines is 3. The fourth-order valence-corrected chi connectivity index (χ4v) is 10.6. The maximum absolute atomic E-state index is 6.36. The van der Waals surface area contributed by atoms with E-state index in [0.717, 1.165) is 99.8 Å². The van der Waals surface area contributed by atoms with E-state index in [4.69, 9.17) is 8.83 Å².